The molecule has 1 aliphatic heterocycles. The fourth-order valence-corrected chi connectivity index (χ4v) is 3.05. The van der Waals surface area contributed by atoms with Gasteiger partial charge in [-0.15, -0.1) is 12.4 Å². The van der Waals surface area contributed by atoms with Crippen LogP contribution in [0.4, 0.5) is 0 Å². The molecule has 1 aliphatic rings. The lowest BCUT2D eigenvalue weighted by atomic mass is 9.81. The van der Waals surface area contributed by atoms with Crippen LogP contribution in [-0.4, -0.2) is 26.3 Å². The predicted molar refractivity (Wildman–Crippen MR) is 88.5 cm³/mol. The lowest BCUT2D eigenvalue weighted by molar-refractivity contribution is 0.107. The van der Waals surface area contributed by atoms with Gasteiger partial charge in [0, 0.05) is 12.5 Å². The zero-order valence-corrected chi connectivity index (χ0v) is 14.0. The number of halogens is 3. The van der Waals surface area contributed by atoms with Crippen LogP contribution in [0.3, 0.4) is 0 Å². The molecule has 0 spiro atoms. The lowest BCUT2D eigenvalue weighted by Gasteiger charge is -2.31. The number of hydrogen-bond acceptors (Lipinski definition) is 2. The summed E-state index contributed by atoms with van der Waals surface area (Å²) in [5.74, 6) is 1.07. The van der Waals surface area contributed by atoms with Crippen molar-refractivity contribution in [3.8, 4) is 0 Å². The third-order valence-corrected chi connectivity index (χ3v) is 4.57. The third-order valence-electron chi connectivity index (χ3n) is 3.83. The van der Waals surface area contributed by atoms with Crippen LogP contribution in [0, 0.1) is 5.92 Å². The van der Waals surface area contributed by atoms with Crippen molar-refractivity contribution in [2.75, 3.05) is 26.3 Å². The molecule has 1 saturated heterocycles. The number of piperidine rings is 1. The Bertz CT molecular complexity index is 408. The minimum Gasteiger partial charge on any atom is -0.381 e. The Kier molecular flexibility index (Phi) is 8.23. The van der Waals surface area contributed by atoms with Gasteiger partial charge in [0.2, 0.25) is 0 Å². The summed E-state index contributed by atoms with van der Waals surface area (Å²) >= 11 is 12.1. The Balaban J connectivity index is 0.00000200. The van der Waals surface area contributed by atoms with E-state index in [9.17, 15) is 0 Å². The molecule has 114 valence electrons. The molecule has 0 amide bonds. The minimum absolute atomic E-state index is 0. The molecule has 2 rings (SSSR count). The van der Waals surface area contributed by atoms with Gasteiger partial charge in [0.15, 0.2) is 0 Å². The second kappa shape index (κ2) is 9.11. The molecule has 1 fully saturated rings. The van der Waals surface area contributed by atoms with E-state index < -0.39 is 0 Å². The Morgan fingerprint density at radius 2 is 1.95 bits per heavy atom. The number of nitrogens with one attached hydrogen (secondary N) is 1. The van der Waals surface area contributed by atoms with Crippen LogP contribution in [0.15, 0.2) is 18.2 Å². The van der Waals surface area contributed by atoms with Gasteiger partial charge >= 0.3 is 0 Å². The Morgan fingerprint density at radius 1 is 1.25 bits per heavy atom. The van der Waals surface area contributed by atoms with Crippen molar-refractivity contribution >= 4 is 35.6 Å². The van der Waals surface area contributed by atoms with Gasteiger partial charge in [0.25, 0.3) is 0 Å². The van der Waals surface area contributed by atoms with Crippen molar-refractivity contribution in [2.45, 2.75) is 25.7 Å². The maximum absolute atomic E-state index is 6.15. The molecule has 0 saturated carbocycles. The average Bonchev–Trinajstić information content (AvgIpc) is 2.44. The number of rotatable bonds is 5. The van der Waals surface area contributed by atoms with Crippen LogP contribution < -0.4 is 5.32 Å². The molecular formula is C15H22Cl3NO. The second-order valence-corrected chi connectivity index (χ2v) is 5.84. The van der Waals surface area contributed by atoms with Gasteiger partial charge in [0.05, 0.1) is 16.7 Å². The van der Waals surface area contributed by atoms with Gasteiger partial charge < -0.3 is 10.1 Å². The van der Waals surface area contributed by atoms with Crippen molar-refractivity contribution in [1.29, 1.82) is 0 Å². The molecular weight excluding hydrogens is 317 g/mol. The Hall–Kier alpha value is 0.01000. The monoisotopic (exact) mass is 337 g/mol. The fourth-order valence-electron chi connectivity index (χ4n) is 2.74. The Labute approximate surface area is 137 Å². The first-order valence-electron chi connectivity index (χ1n) is 6.95. The predicted octanol–water partition coefficient (Wildman–Crippen LogP) is 4.53. The molecule has 1 aromatic rings. The molecule has 1 unspecified atom stereocenters. The summed E-state index contributed by atoms with van der Waals surface area (Å²) in [7, 11) is 0. The van der Waals surface area contributed by atoms with E-state index in [1.807, 2.05) is 19.1 Å². The smallest absolute Gasteiger partial charge is 0.0595 e. The second-order valence-electron chi connectivity index (χ2n) is 5.03. The molecule has 0 radical (unpaired) electrons. The molecule has 2 nitrogen and oxygen atoms in total. The van der Waals surface area contributed by atoms with E-state index >= 15 is 0 Å². The van der Waals surface area contributed by atoms with Gasteiger partial charge in [0.1, 0.15) is 0 Å². The summed E-state index contributed by atoms with van der Waals surface area (Å²) in [5.41, 5.74) is 1.25. The molecule has 20 heavy (non-hydrogen) atoms. The highest BCUT2D eigenvalue weighted by molar-refractivity contribution is 6.42. The number of benzene rings is 1. The van der Waals surface area contributed by atoms with Crippen molar-refractivity contribution < 1.29 is 4.74 Å². The van der Waals surface area contributed by atoms with E-state index in [1.165, 1.54) is 18.4 Å². The van der Waals surface area contributed by atoms with Gasteiger partial charge in [-0.25, -0.2) is 0 Å². The molecule has 1 atom stereocenters. The maximum Gasteiger partial charge on any atom is 0.0595 e. The van der Waals surface area contributed by atoms with E-state index in [-0.39, 0.29) is 12.4 Å². The molecule has 0 bridgehead atoms. The van der Waals surface area contributed by atoms with E-state index in [0.29, 0.717) is 21.9 Å². The molecule has 0 aliphatic carbocycles. The van der Waals surface area contributed by atoms with Gasteiger partial charge in [-0.2, -0.15) is 0 Å². The number of hydrogen-bond donors (Lipinski definition) is 1. The summed E-state index contributed by atoms with van der Waals surface area (Å²) < 4.78 is 5.68. The van der Waals surface area contributed by atoms with Crippen LogP contribution in [0.2, 0.25) is 10.0 Å². The van der Waals surface area contributed by atoms with Crippen LogP contribution in [0.25, 0.3) is 0 Å². The van der Waals surface area contributed by atoms with Crippen LogP contribution in [0.1, 0.15) is 31.2 Å². The van der Waals surface area contributed by atoms with E-state index in [1.54, 1.807) is 0 Å². The first-order valence-corrected chi connectivity index (χ1v) is 7.71. The van der Waals surface area contributed by atoms with Gasteiger partial charge in [-0.05, 0) is 56.5 Å². The van der Waals surface area contributed by atoms with Crippen molar-refractivity contribution in [1.82, 2.24) is 5.32 Å². The quantitative estimate of drug-likeness (QED) is 0.851. The van der Waals surface area contributed by atoms with Crippen molar-refractivity contribution in [2.24, 2.45) is 5.92 Å². The summed E-state index contributed by atoms with van der Waals surface area (Å²) in [6.07, 6.45) is 2.38. The molecule has 0 aromatic heterocycles. The van der Waals surface area contributed by atoms with E-state index in [0.717, 1.165) is 26.3 Å². The summed E-state index contributed by atoms with van der Waals surface area (Å²) in [5, 5.41) is 4.66. The van der Waals surface area contributed by atoms with Crippen LogP contribution >= 0.6 is 35.6 Å². The summed E-state index contributed by atoms with van der Waals surface area (Å²) in [6, 6.07) is 5.97. The molecule has 1 heterocycles. The normalized spacial score (nSPS) is 17.6. The van der Waals surface area contributed by atoms with E-state index in [4.69, 9.17) is 27.9 Å². The van der Waals surface area contributed by atoms with Gasteiger partial charge in [-0.1, -0.05) is 29.3 Å². The SMILES string of the molecule is CCOCC(c1ccc(Cl)c(Cl)c1)C1CCNCC1.Cl. The molecule has 1 N–H and O–H groups in total. The summed E-state index contributed by atoms with van der Waals surface area (Å²) in [6.45, 7) is 5.74. The first kappa shape index (κ1) is 18.1. The standard InChI is InChI=1S/C15H21Cl2NO.ClH/c1-2-19-10-13(11-5-7-18-8-6-11)12-3-4-14(16)15(17)9-12;/h3-4,9,11,13,18H,2,5-8,10H2,1H3;1H. The van der Waals surface area contributed by atoms with Crippen molar-refractivity contribution in [3.05, 3.63) is 33.8 Å². The van der Waals surface area contributed by atoms with Gasteiger partial charge in [-0.3, -0.25) is 0 Å². The van der Waals surface area contributed by atoms with Crippen molar-refractivity contribution in [3.63, 3.8) is 0 Å². The highest BCUT2D eigenvalue weighted by Gasteiger charge is 2.25. The van der Waals surface area contributed by atoms with Crippen LogP contribution in [-0.2, 0) is 4.74 Å². The molecule has 5 heteroatoms. The topological polar surface area (TPSA) is 21.3 Å². The largest absolute Gasteiger partial charge is 0.381 e. The highest BCUT2D eigenvalue weighted by atomic mass is 35.5. The fraction of sp³-hybridized carbons (Fsp3) is 0.600. The lowest BCUT2D eigenvalue weighted by Crippen LogP contribution is -2.32. The zero-order chi connectivity index (χ0) is 13.7. The third kappa shape index (κ3) is 4.78. The number of ether oxygens (including phenoxy) is 1. The molecule has 1 aromatic carbocycles. The zero-order valence-electron chi connectivity index (χ0n) is 11.7. The maximum atomic E-state index is 6.15. The average molecular weight is 339 g/mol. The summed E-state index contributed by atoms with van der Waals surface area (Å²) in [4.78, 5) is 0. The first-order chi connectivity index (χ1) is 9.22. The minimum atomic E-state index is 0. The van der Waals surface area contributed by atoms with E-state index in [2.05, 4.69) is 11.4 Å². The Morgan fingerprint density at radius 3 is 2.55 bits per heavy atom. The highest BCUT2D eigenvalue weighted by Crippen LogP contribution is 2.34. The van der Waals surface area contributed by atoms with Crippen LogP contribution in [0.5, 0.6) is 0 Å².